The van der Waals surface area contributed by atoms with E-state index in [1.165, 1.54) is 6.42 Å². The van der Waals surface area contributed by atoms with Crippen molar-refractivity contribution in [1.29, 1.82) is 0 Å². The Morgan fingerprint density at radius 1 is 0.941 bits per heavy atom. The molecule has 1 fully saturated rings. The van der Waals surface area contributed by atoms with Crippen molar-refractivity contribution >= 4 is 18.0 Å². The van der Waals surface area contributed by atoms with E-state index in [2.05, 4.69) is 0 Å². The first-order valence-corrected chi connectivity index (χ1v) is 5.12. The Bertz CT molecular complexity index is 292. The van der Waals surface area contributed by atoms with E-state index < -0.39 is 11.9 Å². The fourth-order valence-corrected chi connectivity index (χ4v) is 1.26. The molecular formula is C10H16N2O5. The van der Waals surface area contributed by atoms with E-state index in [0.717, 1.165) is 25.9 Å². The number of carbonyl (C=O) groups is 3. The fraction of sp³-hybridized carbons (Fsp3) is 0.500. The van der Waals surface area contributed by atoms with Gasteiger partial charge in [-0.25, -0.2) is 14.4 Å². The Balaban J connectivity index is 0.000000304. The van der Waals surface area contributed by atoms with Gasteiger partial charge < -0.3 is 20.8 Å². The molecule has 0 spiro atoms. The highest BCUT2D eigenvalue weighted by atomic mass is 16.4. The number of likely N-dealkylation sites (tertiary alicyclic amines) is 1. The van der Waals surface area contributed by atoms with Gasteiger partial charge in [-0.05, 0) is 19.3 Å². The second-order valence-corrected chi connectivity index (χ2v) is 3.40. The second kappa shape index (κ2) is 8.14. The molecule has 0 saturated carbocycles. The Hall–Kier alpha value is -2.05. The molecule has 4 N–H and O–H groups in total. The lowest BCUT2D eigenvalue weighted by Gasteiger charge is -2.24. The van der Waals surface area contributed by atoms with Crippen molar-refractivity contribution in [3.63, 3.8) is 0 Å². The van der Waals surface area contributed by atoms with Crippen LogP contribution in [0.5, 0.6) is 0 Å². The highest BCUT2D eigenvalue weighted by Crippen LogP contribution is 2.06. The molecule has 17 heavy (non-hydrogen) atoms. The van der Waals surface area contributed by atoms with Crippen LogP contribution in [0.3, 0.4) is 0 Å². The summed E-state index contributed by atoms with van der Waals surface area (Å²) in [4.78, 5) is 31.3. The predicted molar refractivity (Wildman–Crippen MR) is 59.4 cm³/mol. The van der Waals surface area contributed by atoms with E-state index in [-0.39, 0.29) is 6.03 Å². The van der Waals surface area contributed by atoms with Crippen molar-refractivity contribution in [3.05, 3.63) is 12.2 Å². The Morgan fingerprint density at radius 3 is 1.59 bits per heavy atom. The number of carbonyl (C=O) groups excluding carboxylic acids is 1. The minimum Gasteiger partial charge on any atom is -0.478 e. The molecule has 0 aromatic rings. The van der Waals surface area contributed by atoms with Gasteiger partial charge in [0, 0.05) is 25.2 Å². The molecule has 0 aromatic carbocycles. The van der Waals surface area contributed by atoms with Gasteiger partial charge in [-0.1, -0.05) is 0 Å². The number of nitrogens with zero attached hydrogens (tertiary/aromatic N) is 1. The van der Waals surface area contributed by atoms with Crippen LogP contribution in [0.2, 0.25) is 0 Å². The lowest BCUT2D eigenvalue weighted by atomic mass is 10.1. The Morgan fingerprint density at radius 2 is 1.35 bits per heavy atom. The lowest BCUT2D eigenvalue weighted by molar-refractivity contribution is -0.134. The summed E-state index contributed by atoms with van der Waals surface area (Å²) in [5, 5.41) is 15.6. The molecule has 0 aliphatic carbocycles. The van der Waals surface area contributed by atoms with E-state index in [1.54, 1.807) is 4.90 Å². The molecule has 1 heterocycles. The topological polar surface area (TPSA) is 121 Å². The molecule has 96 valence electrons. The van der Waals surface area contributed by atoms with Gasteiger partial charge in [0.15, 0.2) is 0 Å². The van der Waals surface area contributed by atoms with Crippen molar-refractivity contribution in [2.45, 2.75) is 19.3 Å². The van der Waals surface area contributed by atoms with Crippen molar-refractivity contribution in [2.24, 2.45) is 5.73 Å². The smallest absolute Gasteiger partial charge is 0.328 e. The monoisotopic (exact) mass is 244 g/mol. The van der Waals surface area contributed by atoms with Crippen LogP contribution in [0, 0.1) is 0 Å². The highest BCUT2D eigenvalue weighted by Gasteiger charge is 2.11. The van der Waals surface area contributed by atoms with Crippen LogP contribution in [-0.2, 0) is 9.59 Å². The molecule has 0 bridgehead atoms. The van der Waals surface area contributed by atoms with Crippen LogP contribution in [-0.4, -0.2) is 46.2 Å². The van der Waals surface area contributed by atoms with Gasteiger partial charge in [0.1, 0.15) is 0 Å². The third-order valence-electron chi connectivity index (χ3n) is 2.04. The summed E-state index contributed by atoms with van der Waals surface area (Å²) in [5.74, 6) is -2.51. The molecule has 2 amide bonds. The Kier molecular flexibility index (Phi) is 7.16. The zero-order valence-electron chi connectivity index (χ0n) is 9.33. The third-order valence-corrected chi connectivity index (χ3v) is 2.04. The maximum absolute atomic E-state index is 10.5. The number of carboxylic acid groups (broad SMARTS) is 2. The molecule has 7 heteroatoms. The van der Waals surface area contributed by atoms with Gasteiger partial charge >= 0.3 is 18.0 Å². The number of rotatable bonds is 2. The van der Waals surface area contributed by atoms with Crippen molar-refractivity contribution < 1.29 is 24.6 Å². The molecule has 0 atom stereocenters. The van der Waals surface area contributed by atoms with Crippen LogP contribution < -0.4 is 5.73 Å². The van der Waals surface area contributed by atoms with Crippen LogP contribution >= 0.6 is 0 Å². The van der Waals surface area contributed by atoms with Gasteiger partial charge in [0.05, 0.1) is 0 Å². The molecular weight excluding hydrogens is 228 g/mol. The van der Waals surface area contributed by atoms with Crippen molar-refractivity contribution in [2.75, 3.05) is 13.1 Å². The normalized spacial score (nSPS) is 14.9. The van der Waals surface area contributed by atoms with Crippen LogP contribution in [0.4, 0.5) is 4.79 Å². The van der Waals surface area contributed by atoms with Gasteiger partial charge in [0.2, 0.25) is 0 Å². The summed E-state index contributed by atoms with van der Waals surface area (Å²) < 4.78 is 0. The number of hydrogen-bond donors (Lipinski definition) is 3. The summed E-state index contributed by atoms with van der Waals surface area (Å²) in [6.45, 7) is 1.71. The standard InChI is InChI=1S/C6H12N2O.C4H4O4/c7-6(9)8-4-2-1-3-5-8;5-3(6)1-2-4(7)8/h1-5H2,(H2,7,9);1-2H,(H,5,6)(H,7,8)/b;2-1-. The lowest BCUT2D eigenvalue weighted by Crippen LogP contribution is -2.39. The zero-order valence-corrected chi connectivity index (χ0v) is 9.33. The minimum atomic E-state index is -1.26. The summed E-state index contributed by atoms with van der Waals surface area (Å²) in [6.07, 6.45) is 4.58. The molecule has 1 aliphatic heterocycles. The number of urea groups is 1. The first-order valence-electron chi connectivity index (χ1n) is 5.12. The van der Waals surface area contributed by atoms with Gasteiger partial charge in [-0.3, -0.25) is 0 Å². The van der Waals surface area contributed by atoms with E-state index in [1.807, 2.05) is 0 Å². The van der Waals surface area contributed by atoms with Crippen molar-refractivity contribution in [1.82, 2.24) is 4.90 Å². The minimum absolute atomic E-state index is 0.269. The number of piperidine rings is 1. The van der Waals surface area contributed by atoms with Gasteiger partial charge in [-0.2, -0.15) is 0 Å². The third kappa shape index (κ3) is 8.91. The summed E-state index contributed by atoms with van der Waals surface area (Å²) in [7, 11) is 0. The van der Waals surface area contributed by atoms with Crippen LogP contribution in [0.25, 0.3) is 0 Å². The van der Waals surface area contributed by atoms with Crippen molar-refractivity contribution in [3.8, 4) is 0 Å². The van der Waals surface area contributed by atoms with E-state index in [4.69, 9.17) is 15.9 Å². The van der Waals surface area contributed by atoms with Crippen LogP contribution in [0.15, 0.2) is 12.2 Å². The molecule has 0 aromatic heterocycles. The molecule has 1 aliphatic rings. The van der Waals surface area contributed by atoms with Gasteiger partial charge in [-0.15, -0.1) is 0 Å². The molecule has 0 unspecified atom stereocenters. The predicted octanol–water partition coefficient (Wildman–Crippen LogP) is 0.263. The average Bonchev–Trinajstić information content (AvgIpc) is 2.28. The van der Waals surface area contributed by atoms with E-state index in [0.29, 0.717) is 12.2 Å². The SMILES string of the molecule is NC(=O)N1CCCCC1.O=C(O)/C=C\C(=O)O. The molecule has 1 saturated heterocycles. The summed E-state index contributed by atoms with van der Waals surface area (Å²) >= 11 is 0. The highest BCUT2D eigenvalue weighted by molar-refractivity contribution is 5.89. The first kappa shape index (κ1) is 14.9. The Labute approximate surface area is 98.5 Å². The maximum Gasteiger partial charge on any atom is 0.328 e. The van der Waals surface area contributed by atoms with Gasteiger partial charge in [0.25, 0.3) is 0 Å². The second-order valence-electron chi connectivity index (χ2n) is 3.40. The maximum atomic E-state index is 10.5. The number of amides is 2. The molecule has 1 rings (SSSR count). The number of carboxylic acids is 2. The van der Waals surface area contributed by atoms with Crippen LogP contribution in [0.1, 0.15) is 19.3 Å². The van der Waals surface area contributed by atoms with E-state index in [9.17, 15) is 14.4 Å². The number of aliphatic carboxylic acids is 2. The average molecular weight is 244 g/mol. The largest absolute Gasteiger partial charge is 0.478 e. The number of nitrogens with two attached hydrogens (primary N) is 1. The first-order chi connectivity index (χ1) is 7.93. The molecule has 0 radical (unpaired) electrons. The number of primary amides is 1. The summed E-state index contributed by atoms with van der Waals surface area (Å²) in [5.41, 5.74) is 5.05. The van der Waals surface area contributed by atoms with E-state index >= 15 is 0 Å². The summed E-state index contributed by atoms with van der Waals surface area (Å²) in [6, 6.07) is -0.269. The fourth-order valence-electron chi connectivity index (χ4n) is 1.26. The number of hydrogen-bond acceptors (Lipinski definition) is 3. The quantitative estimate of drug-likeness (QED) is 0.602. The molecule has 7 nitrogen and oxygen atoms in total. The zero-order chi connectivity index (χ0) is 13.3.